The van der Waals surface area contributed by atoms with E-state index in [4.69, 9.17) is 19.9 Å². The zero-order chi connectivity index (χ0) is 28.8. The number of nitrogens with zero attached hydrogens (tertiary/aromatic N) is 8. The van der Waals surface area contributed by atoms with E-state index in [0.29, 0.717) is 39.6 Å². The van der Waals surface area contributed by atoms with Gasteiger partial charge < -0.3 is 0 Å². The molecular weight excluding hydrogens is 515 g/mol. The topological polar surface area (TPSA) is 95.2 Å². The average Bonchev–Trinajstić information content (AvgIpc) is 3.51. The van der Waals surface area contributed by atoms with Gasteiger partial charge in [-0.3, -0.25) is 0 Å². The molecule has 9 heteroatoms. The molecular formula is C32H31FN8. The van der Waals surface area contributed by atoms with Crippen LogP contribution in [0.15, 0.2) is 61.2 Å². The summed E-state index contributed by atoms with van der Waals surface area (Å²) in [4.78, 5) is 28.2. The zero-order valence-electron chi connectivity index (χ0n) is 24.0. The van der Waals surface area contributed by atoms with E-state index in [-0.39, 0.29) is 23.6 Å². The van der Waals surface area contributed by atoms with E-state index in [2.05, 4.69) is 42.8 Å². The molecule has 6 rings (SSSR count). The summed E-state index contributed by atoms with van der Waals surface area (Å²) >= 11 is 0. The van der Waals surface area contributed by atoms with Crippen LogP contribution in [-0.4, -0.2) is 39.7 Å². The third-order valence-electron chi connectivity index (χ3n) is 7.12. The summed E-state index contributed by atoms with van der Waals surface area (Å²) in [7, 11) is 0. The molecule has 0 unspecified atom stereocenters. The molecule has 0 bridgehead atoms. The second-order valence-electron chi connectivity index (χ2n) is 11.2. The smallest absolute Gasteiger partial charge is 0.161 e. The predicted octanol–water partition coefficient (Wildman–Crippen LogP) is 7.39. The van der Waals surface area contributed by atoms with Crippen LogP contribution in [0.1, 0.15) is 76.4 Å². The first-order chi connectivity index (χ1) is 19.7. The van der Waals surface area contributed by atoms with Crippen LogP contribution in [0, 0.1) is 5.82 Å². The molecule has 8 nitrogen and oxygen atoms in total. The first-order valence-electron chi connectivity index (χ1n) is 13.8. The SMILES string of the molecule is CC(C)c1cc(-n2cccn2)nc(-c2ccc3c(C(C)C)nc(-c4cc(F)c5c(C(C)C)ncnc5c4)nc3c2)n1. The van der Waals surface area contributed by atoms with Crippen LogP contribution in [0.5, 0.6) is 0 Å². The number of hydrogen-bond acceptors (Lipinski definition) is 7. The van der Waals surface area contributed by atoms with Gasteiger partial charge in [-0.25, -0.2) is 39.0 Å². The molecule has 0 N–H and O–H groups in total. The van der Waals surface area contributed by atoms with Gasteiger partial charge in [0.05, 0.1) is 27.8 Å². The van der Waals surface area contributed by atoms with Crippen molar-refractivity contribution in [2.45, 2.75) is 59.3 Å². The summed E-state index contributed by atoms with van der Waals surface area (Å²) in [5.74, 6) is 1.74. The van der Waals surface area contributed by atoms with Crippen molar-refractivity contribution in [1.82, 2.24) is 39.7 Å². The predicted molar refractivity (Wildman–Crippen MR) is 158 cm³/mol. The van der Waals surface area contributed by atoms with Gasteiger partial charge in [0.1, 0.15) is 12.1 Å². The maximum absolute atomic E-state index is 15.5. The van der Waals surface area contributed by atoms with Gasteiger partial charge >= 0.3 is 0 Å². The largest absolute Gasteiger partial charge is 0.240 e. The van der Waals surface area contributed by atoms with Gasteiger partial charge in [-0.2, -0.15) is 5.10 Å². The summed E-state index contributed by atoms with van der Waals surface area (Å²) in [5, 5.41) is 5.73. The molecule has 0 spiro atoms. The molecule has 0 fully saturated rings. The second-order valence-corrected chi connectivity index (χ2v) is 11.2. The molecule has 0 saturated heterocycles. The van der Waals surface area contributed by atoms with Gasteiger partial charge in [0, 0.05) is 40.7 Å². The molecule has 206 valence electrons. The van der Waals surface area contributed by atoms with E-state index in [9.17, 15) is 0 Å². The third-order valence-corrected chi connectivity index (χ3v) is 7.12. The number of rotatable bonds is 6. The first kappa shape index (κ1) is 26.6. The van der Waals surface area contributed by atoms with E-state index < -0.39 is 0 Å². The minimum Gasteiger partial charge on any atom is -0.240 e. The van der Waals surface area contributed by atoms with Crippen molar-refractivity contribution in [3.63, 3.8) is 0 Å². The molecule has 41 heavy (non-hydrogen) atoms. The first-order valence-corrected chi connectivity index (χ1v) is 13.8. The monoisotopic (exact) mass is 546 g/mol. The van der Waals surface area contributed by atoms with Crippen molar-refractivity contribution in [3.05, 3.63) is 84.1 Å². The fraction of sp³-hybridized carbons (Fsp3) is 0.281. The summed E-state index contributed by atoms with van der Waals surface area (Å²) in [6.07, 6.45) is 5.07. The van der Waals surface area contributed by atoms with Crippen molar-refractivity contribution < 1.29 is 4.39 Å². The molecule has 0 atom stereocenters. The second kappa shape index (κ2) is 10.4. The Morgan fingerprint density at radius 3 is 2.17 bits per heavy atom. The van der Waals surface area contributed by atoms with E-state index >= 15 is 4.39 Å². The lowest BCUT2D eigenvalue weighted by molar-refractivity contribution is 0.636. The number of halogens is 1. The Labute approximate surface area is 237 Å². The minimum absolute atomic E-state index is 0.0639. The van der Waals surface area contributed by atoms with Gasteiger partial charge in [-0.15, -0.1) is 0 Å². The van der Waals surface area contributed by atoms with Gasteiger partial charge in [0.25, 0.3) is 0 Å². The van der Waals surface area contributed by atoms with Crippen molar-refractivity contribution in [3.8, 4) is 28.6 Å². The van der Waals surface area contributed by atoms with Gasteiger partial charge in [-0.1, -0.05) is 53.7 Å². The number of aromatic nitrogens is 8. The van der Waals surface area contributed by atoms with Crippen LogP contribution < -0.4 is 0 Å². The van der Waals surface area contributed by atoms with Crippen LogP contribution in [0.25, 0.3) is 50.4 Å². The Hall–Kier alpha value is -4.66. The van der Waals surface area contributed by atoms with Crippen molar-refractivity contribution in [2.75, 3.05) is 0 Å². The van der Waals surface area contributed by atoms with Crippen LogP contribution in [-0.2, 0) is 0 Å². The fourth-order valence-corrected chi connectivity index (χ4v) is 4.99. The maximum atomic E-state index is 15.5. The van der Waals surface area contributed by atoms with Gasteiger partial charge in [-0.05, 0) is 42.0 Å². The molecule has 0 saturated carbocycles. The standard InChI is InChI=1S/C32H31FN8/c1-17(2)24-15-27(41-11-7-10-36-41)39-31(37-24)20-8-9-22-25(13-20)38-32(40-29(22)18(3)4)21-12-23(33)28-26(14-21)34-16-35-30(28)19(5)6/h7-19H,1-6H3. The highest BCUT2D eigenvalue weighted by atomic mass is 19.1. The maximum Gasteiger partial charge on any atom is 0.161 e. The summed E-state index contributed by atoms with van der Waals surface area (Å²) in [5.41, 5.74) is 5.15. The van der Waals surface area contributed by atoms with Crippen molar-refractivity contribution in [1.29, 1.82) is 0 Å². The Morgan fingerprint density at radius 1 is 0.707 bits per heavy atom. The lowest BCUT2D eigenvalue weighted by Gasteiger charge is -2.14. The Kier molecular flexibility index (Phi) is 6.73. The lowest BCUT2D eigenvalue weighted by Crippen LogP contribution is -2.05. The number of benzene rings is 2. The quantitative estimate of drug-likeness (QED) is 0.215. The van der Waals surface area contributed by atoms with E-state index in [0.717, 1.165) is 27.9 Å². The number of hydrogen-bond donors (Lipinski definition) is 0. The molecule has 0 aliphatic rings. The van der Waals surface area contributed by atoms with Crippen LogP contribution in [0.4, 0.5) is 4.39 Å². The highest BCUT2D eigenvalue weighted by Crippen LogP contribution is 2.33. The molecule has 0 amide bonds. The van der Waals surface area contributed by atoms with Crippen LogP contribution in [0.3, 0.4) is 0 Å². The van der Waals surface area contributed by atoms with E-state index in [1.54, 1.807) is 10.9 Å². The Balaban J connectivity index is 1.53. The van der Waals surface area contributed by atoms with Crippen LogP contribution >= 0.6 is 0 Å². The summed E-state index contributed by atoms with van der Waals surface area (Å²) in [6, 6.07) is 13.2. The van der Waals surface area contributed by atoms with Crippen molar-refractivity contribution >= 4 is 21.8 Å². The molecule has 0 aliphatic heterocycles. The molecule has 4 heterocycles. The molecule has 0 aliphatic carbocycles. The number of fused-ring (bicyclic) bond motifs is 2. The van der Waals surface area contributed by atoms with Crippen LogP contribution in [0.2, 0.25) is 0 Å². The minimum atomic E-state index is -0.379. The highest BCUT2D eigenvalue weighted by Gasteiger charge is 2.19. The van der Waals surface area contributed by atoms with E-state index in [1.165, 1.54) is 12.4 Å². The summed E-state index contributed by atoms with van der Waals surface area (Å²) < 4.78 is 17.2. The lowest BCUT2D eigenvalue weighted by atomic mass is 10.0. The van der Waals surface area contributed by atoms with Gasteiger partial charge in [0.15, 0.2) is 17.5 Å². The molecule has 0 radical (unpaired) electrons. The molecule has 4 aromatic heterocycles. The fourth-order valence-electron chi connectivity index (χ4n) is 4.99. The highest BCUT2D eigenvalue weighted by molar-refractivity contribution is 5.89. The van der Waals surface area contributed by atoms with Gasteiger partial charge in [0.2, 0.25) is 0 Å². The third kappa shape index (κ3) is 4.92. The summed E-state index contributed by atoms with van der Waals surface area (Å²) in [6.45, 7) is 12.4. The zero-order valence-corrected chi connectivity index (χ0v) is 24.0. The van der Waals surface area contributed by atoms with E-state index in [1.807, 2.05) is 56.4 Å². The Morgan fingerprint density at radius 2 is 1.46 bits per heavy atom. The normalized spacial score (nSPS) is 12.0. The molecule has 2 aromatic carbocycles. The average molecular weight is 547 g/mol. The van der Waals surface area contributed by atoms with Crippen molar-refractivity contribution in [2.24, 2.45) is 0 Å². The Bertz CT molecular complexity index is 1890. The molecule has 6 aromatic rings.